The number of nitrogens with zero attached hydrogens (tertiary/aromatic N) is 1. The molecule has 1 fully saturated rings. The predicted molar refractivity (Wildman–Crippen MR) is 71.6 cm³/mol. The van der Waals surface area contributed by atoms with E-state index in [1.807, 2.05) is 12.4 Å². The number of hydrogen-bond acceptors (Lipinski definition) is 4. The van der Waals surface area contributed by atoms with Crippen molar-refractivity contribution >= 4 is 17.3 Å². The Morgan fingerprint density at radius 2 is 2.33 bits per heavy atom. The predicted octanol–water partition coefficient (Wildman–Crippen LogP) is 2.43. The molecule has 1 aliphatic carbocycles. The Morgan fingerprint density at radius 1 is 1.56 bits per heavy atom. The third kappa shape index (κ3) is 3.29. The molecule has 1 heterocycles. The smallest absolute Gasteiger partial charge is 0.306 e. The summed E-state index contributed by atoms with van der Waals surface area (Å²) in [5.74, 6) is -0.506. The SMILES string of the molecule is Cc1ncsc1CNCC1CCCCC1C(=O)O. The van der Waals surface area contributed by atoms with Gasteiger partial charge in [-0.1, -0.05) is 12.8 Å². The number of carboxylic acid groups (broad SMARTS) is 1. The van der Waals surface area contributed by atoms with Crippen LogP contribution in [0.2, 0.25) is 0 Å². The van der Waals surface area contributed by atoms with Gasteiger partial charge in [-0.15, -0.1) is 11.3 Å². The van der Waals surface area contributed by atoms with Crippen LogP contribution < -0.4 is 5.32 Å². The number of aromatic nitrogens is 1. The van der Waals surface area contributed by atoms with E-state index >= 15 is 0 Å². The third-order valence-electron chi connectivity index (χ3n) is 3.76. The summed E-state index contributed by atoms with van der Waals surface area (Å²) in [6.07, 6.45) is 4.09. The summed E-state index contributed by atoms with van der Waals surface area (Å²) in [5.41, 5.74) is 2.93. The van der Waals surface area contributed by atoms with Gasteiger partial charge >= 0.3 is 5.97 Å². The number of nitrogens with one attached hydrogen (secondary N) is 1. The summed E-state index contributed by atoms with van der Waals surface area (Å²) in [5, 5.41) is 12.6. The van der Waals surface area contributed by atoms with E-state index in [2.05, 4.69) is 10.3 Å². The van der Waals surface area contributed by atoms with Crippen LogP contribution in [0.1, 0.15) is 36.3 Å². The van der Waals surface area contributed by atoms with Crippen LogP contribution >= 0.6 is 11.3 Å². The van der Waals surface area contributed by atoms with Crippen molar-refractivity contribution in [2.75, 3.05) is 6.54 Å². The lowest BCUT2D eigenvalue weighted by Gasteiger charge is -2.28. The number of aliphatic carboxylic acids is 1. The molecule has 0 bridgehead atoms. The van der Waals surface area contributed by atoms with Crippen molar-refractivity contribution in [2.45, 2.75) is 39.2 Å². The van der Waals surface area contributed by atoms with Crippen LogP contribution in [0.25, 0.3) is 0 Å². The lowest BCUT2D eigenvalue weighted by atomic mass is 9.79. The maximum absolute atomic E-state index is 11.2. The number of hydrogen-bond donors (Lipinski definition) is 2. The Morgan fingerprint density at radius 3 is 3.00 bits per heavy atom. The van der Waals surface area contributed by atoms with Crippen LogP contribution in [0.5, 0.6) is 0 Å². The molecular weight excluding hydrogens is 248 g/mol. The van der Waals surface area contributed by atoms with E-state index in [-0.39, 0.29) is 11.8 Å². The summed E-state index contributed by atoms with van der Waals surface area (Å²) in [4.78, 5) is 16.6. The van der Waals surface area contributed by atoms with Crippen molar-refractivity contribution < 1.29 is 9.90 Å². The highest BCUT2D eigenvalue weighted by Crippen LogP contribution is 2.29. The first kappa shape index (κ1) is 13.5. The van der Waals surface area contributed by atoms with Crippen molar-refractivity contribution in [3.63, 3.8) is 0 Å². The second kappa shape index (κ2) is 6.29. The van der Waals surface area contributed by atoms with E-state index in [1.165, 1.54) is 4.88 Å². The molecule has 2 atom stereocenters. The molecule has 2 N–H and O–H groups in total. The summed E-state index contributed by atoms with van der Waals surface area (Å²) in [6.45, 7) is 3.61. The summed E-state index contributed by atoms with van der Waals surface area (Å²) in [6, 6.07) is 0. The zero-order valence-electron chi connectivity index (χ0n) is 10.7. The normalized spacial score (nSPS) is 24.1. The maximum atomic E-state index is 11.2. The van der Waals surface area contributed by atoms with E-state index in [1.54, 1.807) is 11.3 Å². The fourth-order valence-corrected chi connectivity index (χ4v) is 3.39. The van der Waals surface area contributed by atoms with Crippen molar-refractivity contribution in [1.82, 2.24) is 10.3 Å². The molecule has 18 heavy (non-hydrogen) atoms. The highest BCUT2D eigenvalue weighted by Gasteiger charge is 2.30. The zero-order valence-corrected chi connectivity index (χ0v) is 11.5. The quantitative estimate of drug-likeness (QED) is 0.861. The molecule has 1 aromatic rings. The van der Waals surface area contributed by atoms with Crippen LogP contribution in [0.15, 0.2) is 5.51 Å². The molecule has 1 aliphatic rings. The van der Waals surface area contributed by atoms with Crippen molar-refractivity contribution in [2.24, 2.45) is 11.8 Å². The van der Waals surface area contributed by atoms with E-state index < -0.39 is 5.97 Å². The first-order valence-electron chi connectivity index (χ1n) is 6.51. The van der Waals surface area contributed by atoms with Gasteiger partial charge < -0.3 is 10.4 Å². The topological polar surface area (TPSA) is 62.2 Å². The Hall–Kier alpha value is -0.940. The third-order valence-corrected chi connectivity index (χ3v) is 4.70. The monoisotopic (exact) mass is 268 g/mol. The van der Waals surface area contributed by atoms with Gasteiger partial charge in [-0.25, -0.2) is 4.98 Å². The van der Waals surface area contributed by atoms with Crippen LogP contribution in [-0.2, 0) is 11.3 Å². The Balaban J connectivity index is 1.81. The number of aryl methyl sites for hydroxylation is 1. The van der Waals surface area contributed by atoms with E-state index in [9.17, 15) is 9.90 Å². The molecule has 0 saturated heterocycles. The number of carbonyl (C=O) groups is 1. The average molecular weight is 268 g/mol. The highest BCUT2D eigenvalue weighted by molar-refractivity contribution is 7.09. The van der Waals surface area contributed by atoms with E-state index in [0.29, 0.717) is 0 Å². The minimum atomic E-state index is -0.629. The second-order valence-electron chi connectivity index (χ2n) is 4.98. The lowest BCUT2D eigenvalue weighted by Crippen LogP contribution is -2.34. The zero-order chi connectivity index (χ0) is 13.0. The standard InChI is InChI=1S/C13H20N2O2S/c1-9-12(18-8-15-9)7-14-6-10-4-2-3-5-11(10)13(16)17/h8,10-11,14H,2-7H2,1H3,(H,16,17). The van der Waals surface area contributed by atoms with Crippen LogP contribution in [0.3, 0.4) is 0 Å². The van der Waals surface area contributed by atoms with Gasteiger partial charge in [0.25, 0.3) is 0 Å². The molecule has 1 aromatic heterocycles. The molecule has 2 rings (SSSR count). The van der Waals surface area contributed by atoms with Gasteiger partial charge in [0.2, 0.25) is 0 Å². The first-order valence-corrected chi connectivity index (χ1v) is 7.39. The highest BCUT2D eigenvalue weighted by atomic mass is 32.1. The van der Waals surface area contributed by atoms with Gasteiger partial charge in [0.05, 0.1) is 17.1 Å². The van der Waals surface area contributed by atoms with Crippen molar-refractivity contribution in [3.8, 4) is 0 Å². The van der Waals surface area contributed by atoms with Gasteiger partial charge in [0.15, 0.2) is 0 Å². The summed E-state index contributed by atoms with van der Waals surface area (Å²) >= 11 is 1.65. The largest absolute Gasteiger partial charge is 0.481 e. The molecule has 0 spiro atoms. The Kier molecular flexibility index (Phi) is 4.72. The molecule has 0 amide bonds. The number of thiazole rings is 1. The lowest BCUT2D eigenvalue weighted by molar-refractivity contribution is -0.144. The minimum absolute atomic E-state index is 0.159. The van der Waals surface area contributed by atoms with E-state index in [4.69, 9.17) is 0 Å². The molecule has 0 aliphatic heterocycles. The Bertz CT molecular complexity index is 405. The van der Waals surface area contributed by atoms with Gasteiger partial charge in [-0.2, -0.15) is 0 Å². The number of carboxylic acids is 1. The molecule has 4 nitrogen and oxygen atoms in total. The van der Waals surface area contributed by atoms with E-state index in [0.717, 1.165) is 44.5 Å². The van der Waals surface area contributed by atoms with Gasteiger partial charge in [0, 0.05) is 11.4 Å². The molecule has 100 valence electrons. The fourth-order valence-electron chi connectivity index (χ4n) is 2.64. The molecule has 2 unspecified atom stereocenters. The first-order chi connectivity index (χ1) is 8.68. The van der Waals surface area contributed by atoms with Crippen molar-refractivity contribution in [3.05, 3.63) is 16.1 Å². The second-order valence-corrected chi connectivity index (χ2v) is 5.92. The summed E-state index contributed by atoms with van der Waals surface area (Å²) in [7, 11) is 0. The van der Waals surface area contributed by atoms with Crippen LogP contribution in [0, 0.1) is 18.8 Å². The maximum Gasteiger partial charge on any atom is 0.306 e. The van der Waals surface area contributed by atoms with Crippen molar-refractivity contribution in [1.29, 1.82) is 0 Å². The van der Waals surface area contributed by atoms with Gasteiger partial charge in [-0.05, 0) is 32.2 Å². The average Bonchev–Trinajstić information content (AvgIpc) is 2.76. The molecule has 0 radical (unpaired) electrons. The molecule has 0 aromatic carbocycles. The number of rotatable bonds is 5. The molecular formula is C13H20N2O2S. The van der Waals surface area contributed by atoms with Crippen LogP contribution in [0.4, 0.5) is 0 Å². The fraction of sp³-hybridized carbons (Fsp3) is 0.692. The van der Waals surface area contributed by atoms with Gasteiger partial charge in [0.1, 0.15) is 0 Å². The minimum Gasteiger partial charge on any atom is -0.481 e. The summed E-state index contributed by atoms with van der Waals surface area (Å²) < 4.78 is 0. The Labute approximate surface area is 111 Å². The molecule has 1 saturated carbocycles. The molecule has 5 heteroatoms. The van der Waals surface area contributed by atoms with Gasteiger partial charge in [-0.3, -0.25) is 4.79 Å². The van der Waals surface area contributed by atoms with Crippen LogP contribution in [-0.4, -0.2) is 22.6 Å².